The second-order valence-corrected chi connectivity index (χ2v) is 4.72. The fourth-order valence-electron chi connectivity index (χ4n) is 1.61. The Morgan fingerprint density at radius 2 is 2.06 bits per heavy atom. The fraction of sp³-hybridized carbons (Fsp3) is 0.500. The van der Waals surface area contributed by atoms with Gasteiger partial charge >= 0.3 is 0 Å². The third-order valence-electron chi connectivity index (χ3n) is 3.12. The lowest BCUT2D eigenvalue weighted by Gasteiger charge is -2.11. The van der Waals surface area contributed by atoms with Crippen LogP contribution in [0.1, 0.15) is 25.3 Å². The summed E-state index contributed by atoms with van der Waals surface area (Å²) in [7, 11) is 1.52. The quantitative estimate of drug-likeness (QED) is 0.808. The van der Waals surface area contributed by atoms with E-state index in [1.165, 1.54) is 25.5 Å². The first-order chi connectivity index (χ1) is 8.69. The Labute approximate surface area is 108 Å². The van der Waals surface area contributed by atoms with E-state index in [2.05, 4.69) is 10.6 Å². The van der Waals surface area contributed by atoms with Crippen LogP contribution in [-0.2, 0) is 16.1 Å². The summed E-state index contributed by atoms with van der Waals surface area (Å²) in [6.45, 7) is 2.62. The lowest BCUT2D eigenvalue weighted by Crippen LogP contribution is -2.26. The van der Waals surface area contributed by atoms with E-state index in [1.807, 2.05) is 24.3 Å². The molecule has 0 bridgehead atoms. The average molecular weight is 248 g/mol. The third-order valence-corrected chi connectivity index (χ3v) is 3.12. The van der Waals surface area contributed by atoms with Crippen molar-refractivity contribution >= 4 is 11.6 Å². The molecule has 0 radical (unpaired) electrons. The summed E-state index contributed by atoms with van der Waals surface area (Å²) >= 11 is 0. The molecule has 1 fully saturated rings. The monoisotopic (exact) mass is 248 g/mol. The SMILES string of the molecule is COC(C)C(=O)Nc1ccc(CNC2CC2)cc1. The van der Waals surface area contributed by atoms with Gasteiger partial charge in [0.05, 0.1) is 0 Å². The van der Waals surface area contributed by atoms with Gasteiger partial charge in [0.15, 0.2) is 0 Å². The first-order valence-corrected chi connectivity index (χ1v) is 6.35. The van der Waals surface area contributed by atoms with Crippen molar-refractivity contribution in [2.24, 2.45) is 0 Å². The molecule has 1 amide bonds. The summed E-state index contributed by atoms with van der Waals surface area (Å²) in [4.78, 5) is 11.6. The van der Waals surface area contributed by atoms with E-state index in [-0.39, 0.29) is 5.91 Å². The zero-order valence-corrected chi connectivity index (χ0v) is 10.9. The van der Waals surface area contributed by atoms with Gasteiger partial charge in [0, 0.05) is 25.4 Å². The number of hydrogen-bond donors (Lipinski definition) is 2. The van der Waals surface area contributed by atoms with Crippen LogP contribution in [0.25, 0.3) is 0 Å². The number of anilines is 1. The van der Waals surface area contributed by atoms with Crippen LogP contribution < -0.4 is 10.6 Å². The van der Waals surface area contributed by atoms with Crippen LogP contribution in [0, 0.1) is 0 Å². The van der Waals surface area contributed by atoms with Gasteiger partial charge in [0.1, 0.15) is 6.10 Å². The van der Waals surface area contributed by atoms with Gasteiger partial charge < -0.3 is 15.4 Å². The Morgan fingerprint density at radius 3 is 2.61 bits per heavy atom. The maximum absolute atomic E-state index is 11.6. The van der Waals surface area contributed by atoms with E-state index in [9.17, 15) is 4.79 Å². The molecule has 1 aliphatic rings. The van der Waals surface area contributed by atoms with Gasteiger partial charge in [-0.1, -0.05) is 12.1 Å². The molecule has 4 nitrogen and oxygen atoms in total. The fourth-order valence-corrected chi connectivity index (χ4v) is 1.61. The molecule has 1 saturated carbocycles. The van der Waals surface area contributed by atoms with Crippen molar-refractivity contribution in [1.29, 1.82) is 0 Å². The minimum Gasteiger partial charge on any atom is -0.372 e. The van der Waals surface area contributed by atoms with Crippen molar-refractivity contribution in [2.75, 3.05) is 12.4 Å². The second kappa shape index (κ2) is 5.98. The van der Waals surface area contributed by atoms with Gasteiger partial charge in [0.2, 0.25) is 0 Å². The molecule has 1 aromatic rings. The first-order valence-electron chi connectivity index (χ1n) is 6.35. The molecule has 0 saturated heterocycles. The highest BCUT2D eigenvalue weighted by molar-refractivity contribution is 5.93. The predicted molar refractivity (Wildman–Crippen MR) is 71.4 cm³/mol. The number of methoxy groups -OCH3 is 1. The number of benzene rings is 1. The van der Waals surface area contributed by atoms with Crippen molar-refractivity contribution in [2.45, 2.75) is 38.5 Å². The Balaban J connectivity index is 1.84. The molecule has 0 spiro atoms. The number of carbonyl (C=O) groups excluding carboxylic acids is 1. The van der Waals surface area contributed by atoms with E-state index in [0.717, 1.165) is 12.2 Å². The van der Waals surface area contributed by atoms with Gasteiger partial charge in [-0.2, -0.15) is 0 Å². The van der Waals surface area contributed by atoms with Crippen LogP contribution >= 0.6 is 0 Å². The minimum atomic E-state index is -0.429. The van der Waals surface area contributed by atoms with Crippen LogP contribution in [0.4, 0.5) is 5.69 Å². The Morgan fingerprint density at radius 1 is 1.39 bits per heavy atom. The van der Waals surface area contributed by atoms with Gasteiger partial charge in [0.25, 0.3) is 5.91 Å². The Bertz CT molecular complexity index is 399. The number of rotatable bonds is 6. The number of carbonyl (C=O) groups is 1. The highest BCUT2D eigenvalue weighted by Gasteiger charge is 2.19. The molecule has 98 valence electrons. The first kappa shape index (κ1) is 13.1. The summed E-state index contributed by atoms with van der Waals surface area (Å²) in [5.74, 6) is -0.124. The van der Waals surface area contributed by atoms with E-state index in [1.54, 1.807) is 6.92 Å². The molecule has 0 aliphatic heterocycles. The number of ether oxygens (including phenoxy) is 1. The summed E-state index contributed by atoms with van der Waals surface area (Å²) < 4.78 is 4.96. The summed E-state index contributed by atoms with van der Waals surface area (Å²) in [6, 6.07) is 8.62. The van der Waals surface area contributed by atoms with Crippen LogP contribution in [0.5, 0.6) is 0 Å². The molecule has 2 N–H and O–H groups in total. The molecule has 0 heterocycles. The van der Waals surface area contributed by atoms with Crippen molar-refractivity contribution in [3.05, 3.63) is 29.8 Å². The van der Waals surface area contributed by atoms with E-state index < -0.39 is 6.10 Å². The van der Waals surface area contributed by atoms with Gasteiger partial charge in [-0.25, -0.2) is 0 Å². The average Bonchev–Trinajstić information content (AvgIpc) is 3.21. The maximum atomic E-state index is 11.6. The lowest BCUT2D eigenvalue weighted by atomic mass is 10.2. The van der Waals surface area contributed by atoms with Crippen molar-refractivity contribution in [3.8, 4) is 0 Å². The summed E-state index contributed by atoms with van der Waals surface area (Å²) in [6.07, 6.45) is 2.16. The van der Waals surface area contributed by atoms with E-state index in [4.69, 9.17) is 4.74 Å². The Hall–Kier alpha value is -1.39. The number of nitrogens with one attached hydrogen (secondary N) is 2. The second-order valence-electron chi connectivity index (χ2n) is 4.72. The van der Waals surface area contributed by atoms with E-state index in [0.29, 0.717) is 6.04 Å². The van der Waals surface area contributed by atoms with Crippen molar-refractivity contribution in [3.63, 3.8) is 0 Å². The van der Waals surface area contributed by atoms with Crippen molar-refractivity contribution in [1.82, 2.24) is 5.32 Å². The van der Waals surface area contributed by atoms with Crippen molar-refractivity contribution < 1.29 is 9.53 Å². The molecule has 0 aromatic heterocycles. The topological polar surface area (TPSA) is 50.4 Å². The molecule has 1 atom stereocenters. The minimum absolute atomic E-state index is 0.124. The van der Waals surface area contributed by atoms with Gasteiger partial charge in [-0.3, -0.25) is 4.79 Å². The van der Waals surface area contributed by atoms with Gasteiger partial charge in [-0.15, -0.1) is 0 Å². The van der Waals surface area contributed by atoms with Gasteiger partial charge in [-0.05, 0) is 37.5 Å². The van der Waals surface area contributed by atoms with E-state index >= 15 is 0 Å². The largest absolute Gasteiger partial charge is 0.372 e. The molecular weight excluding hydrogens is 228 g/mol. The van der Waals surface area contributed by atoms with Crippen LogP contribution in [0.3, 0.4) is 0 Å². The molecule has 2 rings (SSSR count). The number of amides is 1. The van der Waals surface area contributed by atoms with Crippen LogP contribution in [0.15, 0.2) is 24.3 Å². The molecular formula is C14H20N2O2. The molecule has 4 heteroatoms. The zero-order chi connectivity index (χ0) is 13.0. The Kier molecular flexibility index (Phi) is 4.33. The maximum Gasteiger partial charge on any atom is 0.253 e. The normalized spacial score (nSPS) is 16.3. The van der Waals surface area contributed by atoms with Crippen LogP contribution in [-0.4, -0.2) is 25.2 Å². The molecule has 18 heavy (non-hydrogen) atoms. The summed E-state index contributed by atoms with van der Waals surface area (Å²) in [5, 5.41) is 6.27. The standard InChI is InChI=1S/C14H20N2O2/c1-10(18-2)14(17)16-13-5-3-11(4-6-13)9-15-12-7-8-12/h3-6,10,12,15H,7-9H2,1-2H3,(H,16,17). The third kappa shape index (κ3) is 3.82. The number of hydrogen-bond acceptors (Lipinski definition) is 3. The van der Waals surface area contributed by atoms with Crippen LogP contribution in [0.2, 0.25) is 0 Å². The zero-order valence-electron chi connectivity index (χ0n) is 10.9. The smallest absolute Gasteiger partial charge is 0.253 e. The summed E-state index contributed by atoms with van der Waals surface area (Å²) in [5.41, 5.74) is 2.04. The highest BCUT2D eigenvalue weighted by Crippen LogP contribution is 2.19. The highest BCUT2D eigenvalue weighted by atomic mass is 16.5. The predicted octanol–water partition coefficient (Wildman–Crippen LogP) is 1.91. The lowest BCUT2D eigenvalue weighted by molar-refractivity contribution is -0.124. The molecule has 1 aromatic carbocycles. The molecule has 1 unspecified atom stereocenters. The molecule has 1 aliphatic carbocycles.